The molecule has 1 aromatic carbocycles. The zero-order valence-corrected chi connectivity index (χ0v) is 15.0. The van der Waals surface area contributed by atoms with E-state index in [9.17, 15) is 9.59 Å². The Balaban J connectivity index is 1.53. The summed E-state index contributed by atoms with van der Waals surface area (Å²) in [6, 6.07) is 7.63. The van der Waals surface area contributed by atoms with Crippen LogP contribution in [0.15, 0.2) is 24.3 Å². The molecule has 5 heteroatoms. The van der Waals surface area contributed by atoms with Crippen molar-refractivity contribution in [2.45, 2.75) is 70.6 Å². The van der Waals surface area contributed by atoms with E-state index in [2.05, 4.69) is 5.32 Å². The Morgan fingerprint density at radius 3 is 2.72 bits per heavy atom. The van der Waals surface area contributed by atoms with Crippen LogP contribution in [0.1, 0.15) is 57.4 Å². The number of ether oxygens (including phenoxy) is 1. The molecule has 0 spiro atoms. The molecular formula is C20H28N2O3. The molecule has 0 aromatic heterocycles. The van der Waals surface area contributed by atoms with Gasteiger partial charge in [0.25, 0.3) is 0 Å². The Bertz CT molecular complexity index is 611. The van der Waals surface area contributed by atoms with Crippen molar-refractivity contribution in [3.63, 3.8) is 0 Å². The first-order valence-corrected chi connectivity index (χ1v) is 9.44. The van der Waals surface area contributed by atoms with Crippen molar-refractivity contribution >= 4 is 11.8 Å². The first-order valence-electron chi connectivity index (χ1n) is 9.44. The van der Waals surface area contributed by atoms with E-state index >= 15 is 0 Å². The van der Waals surface area contributed by atoms with Gasteiger partial charge in [0.05, 0.1) is 6.10 Å². The lowest BCUT2D eigenvalue weighted by Crippen LogP contribution is -2.44. The van der Waals surface area contributed by atoms with Gasteiger partial charge in [-0.25, -0.2) is 0 Å². The fourth-order valence-electron chi connectivity index (χ4n) is 3.83. The van der Waals surface area contributed by atoms with Gasteiger partial charge in [0, 0.05) is 20.0 Å². The number of rotatable bonds is 5. The van der Waals surface area contributed by atoms with E-state index in [4.69, 9.17) is 4.74 Å². The quantitative estimate of drug-likeness (QED) is 0.893. The third-order valence-corrected chi connectivity index (χ3v) is 5.18. The third-order valence-electron chi connectivity index (χ3n) is 5.18. The number of amides is 2. The largest absolute Gasteiger partial charge is 0.490 e. The number of carbonyl (C=O) groups excluding carboxylic acids is 2. The molecule has 1 N–H and O–H groups in total. The number of nitrogens with one attached hydrogen (secondary N) is 1. The van der Waals surface area contributed by atoms with E-state index in [1.165, 1.54) is 26.2 Å². The second kappa shape index (κ2) is 8.37. The Labute approximate surface area is 149 Å². The highest BCUT2D eigenvalue weighted by Crippen LogP contribution is 2.24. The monoisotopic (exact) mass is 344 g/mol. The van der Waals surface area contributed by atoms with Crippen LogP contribution < -0.4 is 10.1 Å². The fourth-order valence-corrected chi connectivity index (χ4v) is 3.83. The molecule has 1 aliphatic heterocycles. The average Bonchev–Trinajstić information content (AvgIpc) is 3.11. The van der Waals surface area contributed by atoms with Crippen LogP contribution in [0.2, 0.25) is 0 Å². The summed E-state index contributed by atoms with van der Waals surface area (Å²) in [6.45, 7) is 2.67. The maximum Gasteiger partial charge on any atom is 0.243 e. The number of likely N-dealkylation sites (tertiary alicyclic amines) is 1. The number of hydrogen-bond acceptors (Lipinski definition) is 3. The highest BCUT2D eigenvalue weighted by Gasteiger charge is 2.32. The second-order valence-corrected chi connectivity index (χ2v) is 7.11. The topological polar surface area (TPSA) is 58.6 Å². The van der Waals surface area contributed by atoms with Crippen LogP contribution in [0.25, 0.3) is 0 Å². The van der Waals surface area contributed by atoms with Gasteiger partial charge in [-0.1, -0.05) is 18.6 Å². The molecule has 1 heterocycles. The van der Waals surface area contributed by atoms with Crippen molar-refractivity contribution in [3.8, 4) is 5.75 Å². The minimum absolute atomic E-state index is 0.0273. The van der Waals surface area contributed by atoms with Crippen LogP contribution in [-0.2, 0) is 16.1 Å². The molecule has 25 heavy (non-hydrogen) atoms. The number of benzene rings is 1. The van der Waals surface area contributed by atoms with Gasteiger partial charge in [0.1, 0.15) is 11.8 Å². The summed E-state index contributed by atoms with van der Waals surface area (Å²) in [5.74, 6) is 0.789. The predicted octanol–water partition coefficient (Wildman–Crippen LogP) is 3.03. The van der Waals surface area contributed by atoms with E-state index in [1.54, 1.807) is 4.90 Å². The number of carbonyl (C=O) groups is 2. The van der Waals surface area contributed by atoms with Crippen LogP contribution in [0.3, 0.4) is 0 Å². The Kier molecular flexibility index (Phi) is 5.95. The van der Waals surface area contributed by atoms with Crippen molar-refractivity contribution in [3.05, 3.63) is 29.8 Å². The first-order chi connectivity index (χ1) is 12.1. The third kappa shape index (κ3) is 4.74. The fraction of sp³-hybridized carbons (Fsp3) is 0.600. The van der Waals surface area contributed by atoms with E-state index in [0.29, 0.717) is 19.2 Å². The van der Waals surface area contributed by atoms with E-state index in [0.717, 1.165) is 37.0 Å². The smallest absolute Gasteiger partial charge is 0.243 e. The molecule has 3 rings (SSSR count). The molecule has 5 nitrogen and oxygen atoms in total. The lowest BCUT2D eigenvalue weighted by molar-refractivity contribution is -0.136. The molecule has 1 unspecified atom stereocenters. The molecular weight excluding hydrogens is 316 g/mol. The normalized spacial score (nSPS) is 21.2. The molecule has 1 aliphatic carbocycles. The highest BCUT2D eigenvalue weighted by molar-refractivity contribution is 5.87. The summed E-state index contributed by atoms with van der Waals surface area (Å²) < 4.78 is 6.09. The second-order valence-electron chi connectivity index (χ2n) is 7.11. The SMILES string of the molecule is CC(=O)N1CCCC1C(=O)NCc1cccc(OC2CCCCC2)c1. The summed E-state index contributed by atoms with van der Waals surface area (Å²) in [5, 5.41) is 2.97. The molecule has 2 aliphatic rings. The minimum atomic E-state index is -0.320. The van der Waals surface area contributed by atoms with Gasteiger partial charge in [-0.15, -0.1) is 0 Å². The molecule has 1 saturated carbocycles. The minimum Gasteiger partial charge on any atom is -0.490 e. The molecule has 136 valence electrons. The standard InChI is InChI=1S/C20H28N2O3/c1-15(23)22-12-6-11-19(22)20(24)21-14-16-7-5-10-18(13-16)25-17-8-3-2-4-9-17/h5,7,10,13,17,19H,2-4,6,8-9,11-12,14H2,1H3,(H,21,24). The zero-order chi connectivity index (χ0) is 17.6. The van der Waals surface area contributed by atoms with Gasteiger partial charge in [-0.05, 0) is 56.2 Å². The maximum atomic E-state index is 12.4. The van der Waals surface area contributed by atoms with Gasteiger partial charge >= 0.3 is 0 Å². The number of nitrogens with zero attached hydrogens (tertiary/aromatic N) is 1. The van der Waals surface area contributed by atoms with Crippen molar-refractivity contribution < 1.29 is 14.3 Å². The summed E-state index contributed by atoms with van der Waals surface area (Å²) in [5.41, 5.74) is 1.02. The molecule has 2 fully saturated rings. The van der Waals surface area contributed by atoms with E-state index in [1.807, 2.05) is 24.3 Å². The number of hydrogen-bond donors (Lipinski definition) is 1. The van der Waals surface area contributed by atoms with Gasteiger partial charge < -0.3 is 15.0 Å². The van der Waals surface area contributed by atoms with Gasteiger partial charge in [-0.2, -0.15) is 0 Å². The van der Waals surface area contributed by atoms with Crippen molar-refractivity contribution in [2.75, 3.05) is 6.54 Å². The van der Waals surface area contributed by atoms with Gasteiger partial charge in [-0.3, -0.25) is 9.59 Å². The van der Waals surface area contributed by atoms with Gasteiger partial charge in [0.15, 0.2) is 0 Å². The first kappa shape index (κ1) is 17.8. The van der Waals surface area contributed by atoms with Crippen molar-refractivity contribution in [1.82, 2.24) is 10.2 Å². The average molecular weight is 344 g/mol. The Morgan fingerprint density at radius 2 is 1.96 bits per heavy atom. The van der Waals surface area contributed by atoms with Crippen LogP contribution >= 0.6 is 0 Å². The van der Waals surface area contributed by atoms with Gasteiger partial charge in [0.2, 0.25) is 11.8 Å². The molecule has 0 bridgehead atoms. The summed E-state index contributed by atoms with van der Waals surface area (Å²) in [7, 11) is 0. The summed E-state index contributed by atoms with van der Waals surface area (Å²) in [4.78, 5) is 25.7. The molecule has 1 aromatic rings. The van der Waals surface area contributed by atoms with Crippen molar-refractivity contribution in [2.24, 2.45) is 0 Å². The van der Waals surface area contributed by atoms with Crippen LogP contribution in [0, 0.1) is 0 Å². The molecule has 0 radical (unpaired) electrons. The predicted molar refractivity (Wildman–Crippen MR) is 96.2 cm³/mol. The van der Waals surface area contributed by atoms with Crippen LogP contribution in [-0.4, -0.2) is 35.4 Å². The Hall–Kier alpha value is -2.04. The highest BCUT2D eigenvalue weighted by atomic mass is 16.5. The van der Waals surface area contributed by atoms with E-state index in [-0.39, 0.29) is 17.9 Å². The summed E-state index contributed by atoms with van der Waals surface area (Å²) in [6.07, 6.45) is 8.01. The maximum absolute atomic E-state index is 12.4. The lowest BCUT2D eigenvalue weighted by Gasteiger charge is -2.23. The molecule has 1 atom stereocenters. The molecule has 1 saturated heterocycles. The van der Waals surface area contributed by atoms with Crippen LogP contribution in [0.5, 0.6) is 5.75 Å². The molecule has 2 amide bonds. The zero-order valence-electron chi connectivity index (χ0n) is 15.0. The van der Waals surface area contributed by atoms with E-state index < -0.39 is 0 Å². The van der Waals surface area contributed by atoms with Crippen LogP contribution in [0.4, 0.5) is 0 Å². The van der Waals surface area contributed by atoms with Crippen molar-refractivity contribution in [1.29, 1.82) is 0 Å². The summed E-state index contributed by atoms with van der Waals surface area (Å²) >= 11 is 0. The Morgan fingerprint density at radius 1 is 1.16 bits per heavy atom. The lowest BCUT2D eigenvalue weighted by atomic mass is 9.98.